The molecule has 2 aliphatic rings. The van der Waals surface area contributed by atoms with Gasteiger partial charge in [-0.15, -0.1) is 0 Å². The molecular weight excluding hydrogens is 248 g/mol. The Bertz CT molecular complexity index is 366. The standard InChI is InChI=1S/C13H26N2O2S/c1-13(14-2)8-10-15(11-9-13)18(16,17)12-6-4-3-5-7-12/h12,14H,3-11H2,1-2H3. The Hall–Kier alpha value is -0.130. The van der Waals surface area contributed by atoms with Crippen LogP contribution in [0.2, 0.25) is 0 Å². The second-order valence-corrected chi connectivity index (χ2v) is 8.23. The normalized spacial score (nSPS) is 27.2. The van der Waals surface area contributed by atoms with E-state index in [-0.39, 0.29) is 10.8 Å². The maximum Gasteiger partial charge on any atom is 0.216 e. The molecule has 0 bridgehead atoms. The lowest BCUT2D eigenvalue weighted by atomic mass is 9.91. The van der Waals surface area contributed by atoms with Crippen LogP contribution in [0, 0.1) is 0 Å². The Balaban J connectivity index is 1.99. The summed E-state index contributed by atoms with van der Waals surface area (Å²) in [4.78, 5) is 0. The summed E-state index contributed by atoms with van der Waals surface area (Å²) >= 11 is 0. The van der Waals surface area contributed by atoms with E-state index in [1.165, 1.54) is 6.42 Å². The second-order valence-electron chi connectivity index (χ2n) is 6.01. The minimum absolute atomic E-state index is 0.106. The molecule has 1 aliphatic heterocycles. The first-order valence-electron chi connectivity index (χ1n) is 7.16. The summed E-state index contributed by atoms with van der Waals surface area (Å²) in [5, 5.41) is 3.20. The highest BCUT2D eigenvalue weighted by Crippen LogP contribution is 2.29. The Morgan fingerprint density at radius 2 is 1.67 bits per heavy atom. The highest BCUT2D eigenvalue weighted by Gasteiger charge is 2.37. The predicted octanol–water partition coefficient (Wildman–Crippen LogP) is 1.72. The molecule has 0 aromatic heterocycles. The molecule has 1 N–H and O–H groups in total. The minimum Gasteiger partial charge on any atom is -0.314 e. The maximum absolute atomic E-state index is 12.5. The van der Waals surface area contributed by atoms with Crippen LogP contribution in [-0.4, -0.2) is 43.6 Å². The molecule has 1 saturated carbocycles. The number of piperidine rings is 1. The Morgan fingerprint density at radius 3 is 2.17 bits per heavy atom. The van der Waals surface area contributed by atoms with Crippen LogP contribution < -0.4 is 5.32 Å². The van der Waals surface area contributed by atoms with E-state index >= 15 is 0 Å². The lowest BCUT2D eigenvalue weighted by Crippen LogP contribution is -2.53. The third kappa shape index (κ3) is 2.89. The van der Waals surface area contributed by atoms with Crippen LogP contribution in [-0.2, 0) is 10.0 Å². The molecule has 18 heavy (non-hydrogen) atoms. The Kier molecular flexibility index (Phi) is 4.34. The fourth-order valence-electron chi connectivity index (χ4n) is 3.06. The van der Waals surface area contributed by atoms with Crippen LogP contribution in [0.5, 0.6) is 0 Å². The number of hydrogen-bond donors (Lipinski definition) is 1. The van der Waals surface area contributed by atoms with Crippen molar-refractivity contribution in [3.63, 3.8) is 0 Å². The molecule has 4 nitrogen and oxygen atoms in total. The molecular formula is C13H26N2O2S. The van der Waals surface area contributed by atoms with Crippen LogP contribution in [0.25, 0.3) is 0 Å². The average molecular weight is 274 g/mol. The molecule has 1 heterocycles. The van der Waals surface area contributed by atoms with E-state index in [4.69, 9.17) is 0 Å². The monoisotopic (exact) mass is 274 g/mol. The first-order chi connectivity index (χ1) is 8.48. The summed E-state index contributed by atoms with van der Waals surface area (Å²) in [7, 11) is -1.07. The predicted molar refractivity (Wildman–Crippen MR) is 74.1 cm³/mol. The third-order valence-electron chi connectivity index (χ3n) is 4.76. The van der Waals surface area contributed by atoms with Gasteiger partial charge in [-0.1, -0.05) is 19.3 Å². The van der Waals surface area contributed by atoms with Gasteiger partial charge in [0.15, 0.2) is 0 Å². The van der Waals surface area contributed by atoms with E-state index < -0.39 is 10.0 Å². The summed E-state index contributed by atoms with van der Waals surface area (Å²) in [5.41, 5.74) is 0.110. The van der Waals surface area contributed by atoms with Crippen LogP contribution >= 0.6 is 0 Å². The van der Waals surface area contributed by atoms with Gasteiger partial charge in [0.05, 0.1) is 5.25 Å². The molecule has 2 rings (SSSR count). The largest absolute Gasteiger partial charge is 0.314 e. The molecule has 0 amide bonds. The Labute approximate surface area is 111 Å². The summed E-state index contributed by atoms with van der Waals surface area (Å²) in [6, 6.07) is 0. The highest BCUT2D eigenvalue weighted by molar-refractivity contribution is 7.89. The van der Waals surface area contributed by atoms with Crippen molar-refractivity contribution in [1.29, 1.82) is 0 Å². The number of hydrogen-bond acceptors (Lipinski definition) is 3. The summed E-state index contributed by atoms with van der Waals surface area (Å²) < 4.78 is 26.8. The number of nitrogens with one attached hydrogen (secondary N) is 1. The van der Waals surface area contributed by atoms with Gasteiger partial charge in [0.1, 0.15) is 0 Å². The summed E-state index contributed by atoms with van der Waals surface area (Å²) in [6.07, 6.45) is 6.90. The van der Waals surface area contributed by atoms with Gasteiger partial charge in [-0.25, -0.2) is 12.7 Å². The van der Waals surface area contributed by atoms with Gasteiger partial charge in [0, 0.05) is 18.6 Å². The van der Waals surface area contributed by atoms with Crippen molar-refractivity contribution >= 4 is 10.0 Å². The topological polar surface area (TPSA) is 49.4 Å². The first-order valence-corrected chi connectivity index (χ1v) is 8.66. The number of rotatable bonds is 3. The van der Waals surface area contributed by atoms with Gasteiger partial charge in [0.25, 0.3) is 0 Å². The van der Waals surface area contributed by atoms with Crippen molar-refractivity contribution in [3.05, 3.63) is 0 Å². The first kappa shape index (κ1) is 14.3. The molecule has 5 heteroatoms. The summed E-state index contributed by atoms with van der Waals surface area (Å²) in [6.45, 7) is 3.53. The molecule has 2 fully saturated rings. The van der Waals surface area contributed by atoms with E-state index in [0.717, 1.165) is 38.5 Å². The van der Waals surface area contributed by atoms with Crippen LogP contribution in [0.3, 0.4) is 0 Å². The van der Waals surface area contributed by atoms with Crippen LogP contribution in [0.4, 0.5) is 0 Å². The molecule has 1 aliphatic carbocycles. The lowest BCUT2D eigenvalue weighted by Gasteiger charge is -2.40. The highest BCUT2D eigenvalue weighted by atomic mass is 32.2. The molecule has 0 unspecified atom stereocenters. The van der Waals surface area contributed by atoms with Gasteiger partial charge in [-0.3, -0.25) is 0 Å². The van der Waals surface area contributed by atoms with Crippen molar-refractivity contribution in [1.82, 2.24) is 9.62 Å². The average Bonchev–Trinajstić information content (AvgIpc) is 2.40. The molecule has 0 radical (unpaired) electrons. The van der Waals surface area contributed by atoms with E-state index in [9.17, 15) is 8.42 Å². The second kappa shape index (κ2) is 5.47. The number of nitrogens with zero attached hydrogens (tertiary/aromatic N) is 1. The van der Waals surface area contributed by atoms with Crippen molar-refractivity contribution in [2.24, 2.45) is 0 Å². The molecule has 0 aromatic rings. The smallest absolute Gasteiger partial charge is 0.216 e. The van der Waals surface area contributed by atoms with Crippen molar-refractivity contribution < 1.29 is 8.42 Å². The molecule has 0 atom stereocenters. The van der Waals surface area contributed by atoms with Crippen LogP contribution in [0.1, 0.15) is 51.9 Å². The lowest BCUT2D eigenvalue weighted by molar-refractivity contribution is 0.217. The Morgan fingerprint density at radius 1 is 1.11 bits per heavy atom. The minimum atomic E-state index is -3.04. The molecule has 1 saturated heterocycles. The zero-order valence-electron chi connectivity index (χ0n) is 11.6. The van der Waals surface area contributed by atoms with Crippen molar-refractivity contribution in [2.75, 3.05) is 20.1 Å². The van der Waals surface area contributed by atoms with Gasteiger partial charge in [-0.05, 0) is 39.7 Å². The van der Waals surface area contributed by atoms with Gasteiger partial charge in [0.2, 0.25) is 10.0 Å². The maximum atomic E-state index is 12.5. The van der Waals surface area contributed by atoms with Gasteiger partial charge < -0.3 is 5.32 Å². The van der Waals surface area contributed by atoms with E-state index in [0.29, 0.717) is 13.1 Å². The number of sulfonamides is 1. The fraction of sp³-hybridized carbons (Fsp3) is 1.00. The van der Waals surface area contributed by atoms with Crippen molar-refractivity contribution in [2.45, 2.75) is 62.7 Å². The quantitative estimate of drug-likeness (QED) is 0.852. The molecule has 0 aromatic carbocycles. The SMILES string of the molecule is CNC1(C)CCN(S(=O)(=O)C2CCCCC2)CC1. The zero-order valence-corrected chi connectivity index (χ0v) is 12.4. The molecule has 106 valence electrons. The summed E-state index contributed by atoms with van der Waals surface area (Å²) in [5.74, 6) is 0. The van der Waals surface area contributed by atoms with Gasteiger partial charge >= 0.3 is 0 Å². The fourth-order valence-corrected chi connectivity index (χ4v) is 5.10. The van der Waals surface area contributed by atoms with E-state index in [1.54, 1.807) is 4.31 Å². The molecule has 0 spiro atoms. The zero-order chi connectivity index (χ0) is 13.2. The van der Waals surface area contributed by atoms with E-state index in [2.05, 4.69) is 12.2 Å². The van der Waals surface area contributed by atoms with Crippen molar-refractivity contribution in [3.8, 4) is 0 Å². The van der Waals surface area contributed by atoms with Crippen LogP contribution in [0.15, 0.2) is 0 Å². The van der Waals surface area contributed by atoms with Gasteiger partial charge in [-0.2, -0.15) is 0 Å². The van der Waals surface area contributed by atoms with E-state index in [1.807, 2.05) is 7.05 Å². The third-order valence-corrected chi connectivity index (χ3v) is 7.16.